The average Bonchev–Trinajstić information content (AvgIpc) is 2.17. The molecule has 2 unspecified atom stereocenters. The Morgan fingerprint density at radius 3 is 2.60 bits per heavy atom. The van der Waals surface area contributed by atoms with Gasteiger partial charge in [0.05, 0.1) is 0 Å². The molecule has 0 aliphatic carbocycles. The van der Waals surface area contributed by atoms with E-state index in [2.05, 4.69) is 35.1 Å². The van der Waals surface area contributed by atoms with Gasteiger partial charge in [-0.3, -0.25) is 0 Å². The second-order valence-electron chi connectivity index (χ2n) is 3.86. The van der Waals surface area contributed by atoms with E-state index >= 15 is 0 Å². The molecule has 0 heterocycles. The van der Waals surface area contributed by atoms with Crippen LogP contribution in [0.15, 0.2) is 22.7 Å². The monoisotopic (exact) mass is 273 g/mol. The minimum atomic E-state index is -0.160. The number of halogens is 2. The van der Waals surface area contributed by atoms with Crippen LogP contribution in [-0.4, -0.2) is 6.04 Å². The maximum absolute atomic E-state index is 13.6. The lowest BCUT2D eigenvalue weighted by atomic mass is 10.1. The molecule has 84 valence electrons. The molecule has 1 aromatic carbocycles. The third-order valence-corrected chi connectivity index (χ3v) is 3.07. The van der Waals surface area contributed by atoms with E-state index in [4.69, 9.17) is 0 Å². The summed E-state index contributed by atoms with van der Waals surface area (Å²) in [6.45, 7) is 6.20. The number of nitrogens with one attached hydrogen (secondary N) is 1. The highest BCUT2D eigenvalue weighted by atomic mass is 79.9. The highest BCUT2D eigenvalue weighted by Gasteiger charge is 2.12. The molecule has 0 spiro atoms. The predicted molar refractivity (Wildman–Crippen MR) is 65.4 cm³/mol. The topological polar surface area (TPSA) is 12.0 Å². The SMILES string of the molecule is CCC(C)NC(C)c1ccc(Br)cc1F. The van der Waals surface area contributed by atoms with E-state index in [-0.39, 0.29) is 11.9 Å². The lowest BCUT2D eigenvalue weighted by Gasteiger charge is -2.19. The molecular formula is C12H17BrFN. The van der Waals surface area contributed by atoms with Crippen LogP contribution >= 0.6 is 15.9 Å². The molecule has 0 amide bonds. The van der Waals surface area contributed by atoms with E-state index < -0.39 is 0 Å². The fraction of sp³-hybridized carbons (Fsp3) is 0.500. The summed E-state index contributed by atoms with van der Waals surface area (Å²) in [7, 11) is 0. The molecule has 0 aliphatic heterocycles. The zero-order chi connectivity index (χ0) is 11.4. The molecule has 2 atom stereocenters. The molecule has 0 saturated heterocycles. The molecule has 15 heavy (non-hydrogen) atoms. The predicted octanol–water partition coefficient (Wildman–Crippen LogP) is 4.04. The van der Waals surface area contributed by atoms with Crippen molar-refractivity contribution in [2.75, 3.05) is 0 Å². The zero-order valence-electron chi connectivity index (χ0n) is 9.35. The van der Waals surface area contributed by atoms with E-state index in [1.165, 1.54) is 6.07 Å². The molecule has 1 N–H and O–H groups in total. The van der Waals surface area contributed by atoms with Crippen molar-refractivity contribution in [2.45, 2.75) is 39.3 Å². The first-order valence-corrected chi connectivity index (χ1v) is 6.05. The maximum Gasteiger partial charge on any atom is 0.129 e. The average molecular weight is 274 g/mol. The summed E-state index contributed by atoms with van der Waals surface area (Å²) in [5, 5.41) is 3.35. The summed E-state index contributed by atoms with van der Waals surface area (Å²) in [4.78, 5) is 0. The number of hydrogen-bond donors (Lipinski definition) is 1. The lowest BCUT2D eigenvalue weighted by Crippen LogP contribution is -2.28. The van der Waals surface area contributed by atoms with Crippen LogP contribution in [-0.2, 0) is 0 Å². The van der Waals surface area contributed by atoms with E-state index in [1.807, 2.05) is 19.1 Å². The summed E-state index contributed by atoms with van der Waals surface area (Å²) in [6.07, 6.45) is 1.04. The van der Waals surface area contributed by atoms with Gasteiger partial charge in [-0.2, -0.15) is 0 Å². The second kappa shape index (κ2) is 5.61. The van der Waals surface area contributed by atoms with Gasteiger partial charge >= 0.3 is 0 Å². The van der Waals surface area contributed by atoms with Gasteiger partial charge < -0.3 is 5.32 Å². The van der Waals surface area contributed by atoms with Crippen LogP contribution in [0.3, 0.4) is 0 Å². The van der Waals surface area contributed by atoms with Crippen molar-refractivity contribution in [2.24, 2.45) is 0 Å². The largest absolute Gasteiger partial charge is 0.308 e. The van der Waals surface area contributed by atoms with Gasteiger partial charge in [0.15, 0.2) is 0 Å². The van der Waals surface area contributed by atoms with Crippen LogP contribution in [0.4, 0.5) is 4.39 Å². The van der Waals surface area contributed by atoms with Crippen LogP contribution in [0.25, 0.3) is 0 Å². The smallest absolute Gasteiger partial charge is 0.129 e. The van der Waals surface area contributed by atoms with Gasteiger partial charge in [-0.1, -0.05) is 28.9 Å². The van der Waals surface area contributed by atoms with Crippen molar-refractivity contribution in [1.82, 2.24) is 5.32 Å². The Morgan fingerprint density at radius 2 is 2.07 bits per heavy atom. The van der Waals surface area contributed by atoms with Crippen molar-refractivity contribution < 1.29 is 4.39 Å². The number of rotatable bonds is 4. The van der Waals surface area contributed by atoms with E-state index in [9.17, 15) is 4.39 Å². The molecule has 0 radical (unpaired) electrons. The Bertz CT molecular complexity index is 327. The highest BCUT2D eigenvalue weighted by molar-refractivity contribution is 9.10. The first kappa shape index (κ1) is 12.7. The summed E-state index contributed by atoms with van der Waals surface area (Å²) < 4.78 is 14.4. The Kier molecular flexibility index (Phi) is 4.74. The van der Waals surface area contributed by atoms with Crippen LogP contribution < -0.4 is 5.32 Å². The zero-order valence-corrected chi connectivity index (χ0v) is 10.9. The van der Waals surface area contributed by atoms with Crippen molar-refractivity contribution in [3.63, 3.8) is 0 Å². The Balaban J connectivity index is 2.77. The van der Waals surface area contributed by atoms with Gasteiger partial charge in [0, 0.05) is 22.1 Å². The van der Waals surface area contributed by atoms with Gasteiger partial charge in [-0.05, 0) is 32.4 Å². The summed E-state index contributed by atoms with van der Waals surface area (Å²) in [5.41, 5.74) is 0.721. The Morgan fingerprint density at radius 1 is 1.40 bits per heavy atom. The van der Waals surface area contributed by atoms with E-state index in [0.29, 0.717) is 6.04 Å². The third kappa shape index (κ3) is 3.58. The standard InChI is InChI=1S/C12H17BrFN/c1-4-8(2)15-9(3)11-6-5-10(13)7-12(11)14/h5-9,15H,4H2,1-3H3. The summed E-state index contributed by atoms with van der Waals surface area (Å²) in [5.74, 6) is -0.160. The van der Waals surface area contributed by atoms with Gasteiger partial charge in [-0.15, -0.1) is 0 Å². The van der Waals surface area contributed by atoms with Crippen LogP contribution in [0, 0.1) is 5.82 Å². The molecule has 1 aromatic rings. The fourth-order valence-corrected chi connectivity index (χ4v) is 1.82. The third-order valence-electron chi connectivity index (χ3n) is 2.58. The molecule has 1 nitrogen and oxygen atoms in total. The first-order chi connectivity index (χ1) is 7.04. The van der Waals surface area contributed by atoms with Crippen LogP contribution in [0.2, 0.25) is 0 Å². The van der Waals surface area contributed by atoms with Gasteiger partial charge in [0.1, 0.15) is 5.82 Å². The van der Waals surface area contributed by atoms with Crippen molar-refractivity contribution >= 4 is 15.9 Å². The van der Waals surface area contributed by atoms with Crippen molar-refractivity contribution in [3.05, 3.63) is 34.1 Å². The van der Waals surface area contributed by atoms with Crippen molar-refractivity contribution in [3.8, 4) is 0 Å². The maximum atomic E-state index is 13.6. The number of benzene rings is 1. The van der Waals surface area contributed by atoms with Gasteiger partial charge in [0.25, 0.3) is 0 Å². The molecular weight excluding hydrogens is 257 g/mol. The minimum absolute atomic E-state index is 0.0491. The molecule has 0 fully saturated rings. The van der Waals surface area contributed by atoms with Crippen LogP contribution in [0.1, 0.15) is 38.8 Å². The Labute approximate surface area is 99.2 Å². The minimum Gasteiger partial charge on any atom is -0.308 e. The first-order valence-electron chi connectivity index (χ1n) is 5.25. The molecule has 3 heteroatoms. The molecule has 0 saturated carbocycles. The molecule has 0 aliphatic rings. The van der Waals surface area contributed by atoms with Gasteiger partial charge in [-0.25, -0.2) is 4.39 Å². The highest BCUT2D eigenvalue weighted by Crippen LogP contribution is 2.21. The lowest BCUT2D eigenvalue weighted by molar-refractivity contribution is 0.454. The normalized spacial score (nSPS) is 15.0. The number of hydrogen-bond acceptors (Lipinski definition) is 1. The summed E-state index contributed by atoms with van der Waals surface area (Å²) >= 11 is 3.25. The molecule has 1 rings (SSSR count). The van der Waals surface area contributed by atoms with E-state index in [0.717, 1.165) is 16.5 Å². The molecule has 0 bridgehead atoms. The second-order valence-corrected chi connectivity index (χ2v) is 4.78. The summed E-state index contributed by atoms with van der Waals surface area (Å²) in [6, 6.07) is 5.65. The Hall–Kier alpha value is -0.410. The van der Waals surface area contributed by atoms with Crippen LogP contribution in [0.5, 0.6) is 0 Å². The fourth-order valence-electron chi connectivity index (χ4n) is 1.49. The van der Waals surface area contributed by atoms with Gasteiger partial charge in [0.2, 0.25) is 0 Å². The molecule has 0 aromatic heterocycles. The van der Waals surface area contributed by atoms with E-state index in [1.54, 1.807) is 0 Å². The quantitative estimate of drug-likeness (QED) is 0.873. The van der Waals surface area contributed by atoms with Crippen molar-refractivity contribution in [1.29, 1.82) is 0 Å².